The van der Waals surface area contributed by atoms with Crippen molar-refractivity contribution in [3.05, 3.63) is 35.3 Å². The van der Waals surface area contributed by atoms with Crippen LogP contribution in [0.4, 0.5) is 0 Å². The lowest BCUT2D eigenvalue weighted by Gasteiger charge is -1.96. The van der Waals surface area contributed by atoms with Gasteiger partial charge in [-0.1, -0.05) is 48.6 Å². The fourth-order valence-electron chi connectivity index (χ4n) is 1.39. The van der Waals surface area contributed by atoms with Crippen molar-refractivity contribution in [2.75, 3.05) is 6.54 Å². The summed E-state index contributed by atoms with van der Waals surface area (Å²) < 4.78 is 0. The predicted octanol–water partition coefficient (Wildman–Crippen LogP) is 2.70. The van der Waals surface area contributed by atoms with Gasteiger partial charge in [0.2, 0.25) is 0 Å². The number of nitrogens with zero attached hydrogens (tertiary/aromatic N) is 2. The first-order chi connectivity index (χ1) is 7.90. The van der Waals surface area contributed by atoms with E-state index in [1.165, 1.54) is 0 Å². The number of nitrogens with one attached hydrogen (secondary N) is 1. The fraction of sp³-hybridized carbons (Fsp3) is 0.333. The van der Waals surface area contributed by atoms with Crippen LogP contribution < -0.4 is 5.32 Å². The van der Waals surface area contributed by atoms with Crippen molar-refractivity contribution in [2.45, 2.75) is 19.9 Å². The lowest BCUT2D eigenvalue weighted by molar-refractivity contribution is 0.668. The smallest absolute Gasteiger partial charge is 0.147 e. The Hall–Kier alpha value is -1.26. The highest BCUT2D eigenvalue weighted by molar-refractivity contribution is 7.14. The summed E-state index contributed by atoms with van der Waals surface area (Å²) in [6, 6.07) is 10.2. The van der Waals surface area contributed by atoms with E-state index in [1.54, 1.807) is 11.3 Å². The molecule has 0 aliphatic heterocycles. The van der Waals surface area contributed by atoms with Gasteiger partial charge in [0.15, 0.2) is 0 Å². The Kier molecular flexibility index (Phi) is 4.02. The molecule has 0 amide bonds. The first-order valence-corrected chi connectivity index (χ1v) is 6.30. The molecule has 2 aromatic rings. The van der Waals surface area contributed by atoms with Gasteiger partial charge in [-0.2, -0.15) is 0 Å². The number of hydrogen-bond acceptors (Lipinski definition) is 4. The Labute approximate surface area is 99.5 Å². The Morgan fingerprint density at radius 1 is 1.19 bits per heavy atom. The lowest BCUT2D eigenvalue weighted by atomic mass is 10.2. The fourth-order valence-corrected chi connectivity index (χ4v) is 2.21. The summed E-state index contributed by atoms with van der Waals surface area (Å²) in [5.74, 6) is 0. The number of hydrogen-bond donors (Lipinski definition) is 1. The molecule has 0 saturated carbocycles. The van der Waals surface area contributed by atoms with E-state index in [0.717, 1.165) is 35.1 Å². The summed E-state index contributed by atoms with van der Waals surface area (Å²) in [5, 5.41) is 13.7. The molecule has 0 fully saturated rings. The van der Waals surface area contributed by atoms with Gasteiger partial charge in [0.05, 0.1) is 0 Å². The van der Waals surface area contributed by atoms with Crippen LogP contribution in [-0.4, -0.2) is 16.7 Å². The standard InChI is InChI=1S/C12H15N3S/c1-2-8-13-9-11-14-15-12(16-11)10-6-4-3-5-7-10/h3-7,13H,2,8-9H2,1H3. The molecule has 1 heterocycles. The average Bonchev–Trinajstić information content (AvgIpc) is 2.79. The summed E-state index contributed by atoms with van der Waals surface area (Å²) in [6.07, 6.45) is 1.14. The first kappa shape index (κ1) is 11.2. The quantitative estimate of drug-likeness (QED) is 0.807. The molecule has 1 aromatic carbocycles. The molecule has 0 atom stereocenters. The summed E-state index contributed by atoms with van der Waals surface area (Å²) in [6.45, 7) is 4.00. The van der Waals surface area contributed by atoms with E-state index < -0.39 is 0 Å². The van der Waals surface area contributed by atoms with Crippen molar-refractivity contribution in [3.8, 4) is 10.6 Å². The van der Waals surface area contributed by atoms with Crippen LogP contribution in [-0.2, 0) is 6.54 Å². The molecule has 0 bridgehead atoms. The van der Waals surface area contributed by atoms with E-state index in [9.17, 15) is 0 Å². The van der Waals surface area contributed by atoms with Crippen LogP contribution in [0.15, 0.2) is 30.3 Å². The monoisotopic (exact) mass is 233 g/mol. The largest absolute Gasteiger partial charge is 0.310 e. The van der Waals surface area contributed by atoms with Gasteiger partial charge >= 0.3 is 0 Å². The summed E-state index contributed by atoms with van der Waals surface area (Å²) >= 11 is 1.65. The molecule has 1 aromatic heterocycles. The highest BCUT2D eigenvalue weighted by Gasteiger charge is 2.05. The third kappa shape index (κ3) is 2.87. The molecule has 84 valence electrons. The van der Waals surface area contributed by atoms with Crippen molar-refractivity contribution >= 4 is 11.3 Å². The highest BCUT2D eigenvalue weighted by Crippen LogP contribution is 2.22. The maximum Gasteiger partial charge on any atom is 0.147 e. The molecule has 4 heteroatoms. The zero-order valence-electron chi connectivity index (χ0n) is 9.31. The normalized spacial score (nSPS) is 10.6. The summed E-state index contributed by atoms with van der Waals surface area (Å²) in [4.78, 5) is 0. The Morgan fingerprint density at radius 2 is 2.00 bits per heavy atom. The van der Waals surface area contributed by atoms with Gasteiger partial charge in [0, 0.05) is 12.1 Å². The van der Waals surface area contributed by atoms with Crippen molar-refractivity contribution < 1.29 is 0 Å². The molecule has 0 saturated heterocycles. The van der Waals surface area contributed by atoms with Gasteiger partial charge < -0.3 is 5.32 Å². The van der Waals surface area contributed by atoms with Crippen LogP contribution in [0, 0.1) is 0 Å². The third-order valence-corrected chi connectivity index (χ3v) is 3.16. The Bertz CT molecular complexity index is 425. The maximum absolute atomic E-state index is 4.19. The van der Waals surface area contributed by atoms with Crippen LogP contribution in [0.2, 0.25) is 0 Å². The van der Waals surface area contributed by atoms with Crippen LogP contribution in [0.25, 0.3) is 10.6 Å². The molecule has 0 radical (unpaired) electrons. The van der Waals surface area contributed by atoms with E-state index in [1.807, 2.05) is 18.2 Å². The van der Waals surface area contributed by atoms with Gasteiger partial charge in [0.25, 0.3) is 0 Å². The van der Waals surface area contributed by atoms with Crippen LogP contribution >= 0.6 is 11.3 Å². The minimum Gasteiger partial charge on any atom is -0.310 e. The Balaban J connectivity index is 2.02. The van der Waals surface area contributed by atoms with Crippen molar-refractivity contribution in [3.63, 3.8) is 0 Å². The maximum atomic E-state index is 4.19. The third-order valence-electron chi connectivity index (χ3n) is 2.19. The van der Waals surface area contributed by atoms with Gasteiger partial charge in [0.1, 0.15) is 10.0 Å². The zero-order valence-corrected chi connectivity index (χ0v) is 10.1. The van der Waals surface area contributed by atoms with E-state index in [4.69, 9.17) is 0 Å². The highest BCUT2D eigenvalue weighted by atomic mass is 32.1. The minimum atomic E-state index is 0.818. The lowest BCUT2D eigenvalue weighted by Crippen LogP contribution is -2.13. The van der Waals surface area contributed by atoms with E-state index in [2.05, 4.69) is 34.6 Å². The van der Waals surface area contributed by atoms with Crippen LogP contribution in [0.1, 0.15) is 18.4 Å². The van der Waals surface area contributed by atoms with Gasteiger partial charge in [-0.3, -0.25) is 0 Å². The zero-order chi connectivity index (χ0) is 11.2. The van der Waals surface area contributed by atoms with Crippen molar-refractivity contribution in [1.82, 2.24) is 15.5 Å². The molecule has 0 aliphatic rings. The number of aromatic nitrogens is 2. The van der Waals surface area contributed by atoms with Crippen LogP contribution in [0.3, 0.4) is 0 Å². The first-order valence-electron chi connectivity index (χ1n) is 5.48. The summed E-state index contributed by atoms with van der Waals surface area (Å²) in [5.41, 5.74) is 1.14. The molecule has 0 spiro atoms. The molecule has 16 heavy (non-hydrogen) atoms. The summed E-state index contributed by atoms with van der Waals surface area (Å²) in [7, 11) is 0. The number of rotatable bonds is 5. The van der Waals surface area contributed by atoms with E-state index >= 15 is 0 Å². The molecule has 0 aliphatic carbocycles. The Morgan fingerprint density at radius 3 is 2.75 bits per heavy atom. The molecular formula is C12H15N3S. The predicted molar refractivity (Wildman–Crippen MR) is 67.3 cm³/mol. The minimum absolute atomic E-state index is 0.818. The van der Waals surface area contributed by atoms with Crippen molar-refractivity contribution in [2.24, 2.45) is 0 Å². The second-order valence-corrected chi connectivity index (χ2v) is 4.61. The molecule has 2 rings (SSSR count). The topological polar surface area (TPSA) is 37.8 Å². The average molecular weight is 233 g/mol. The molecule has 1 N–H and O–H groups in total. The number of benzene rings is 1. The van der Waals surface area contributed by atoms with Crippen LogP contribution in [0.5, 0.6) is 0 Å². The van der Waals surface area contributed by atoms with Gasteiger partial charge in [-0.25, -0.2) is 0 Å². The second kappa shape index (κ2) is 5.72. The molecule has 3 nitrogen and oxygen atoms in total. The van der Waals surface area contributed by atoms with Crippen molar-refractivity contribution in [1.29, 1.82) is 0 Å². The van der Waals surface area contributed by atoms with Gasteiger partial charge in [-0.05, 0) is 13.0 Å². The van der Waals surface area contributed by atoms with E-state index in [0.29, 0.717) is 0 Å². The van der Waals surface area contributed by atoms with E-state index in [-0.39, 0.29) is 0 Å². The SMILES string of the molecule is CCCNCc1nnc(-c2ccccc2)s1. The van der Waals surface area contributed by atoms with Gasteiger partial charge in [-0.15, -0.1) is 10.2 Å². The second-order valence-electron chi connectivity index (χ2n) is 3.54. The molecular weight excluding hydrogens is 218 g/mol. The molecule has 0 unspecified atom stereocenters.